The molecule has 1 aromatic heterocycles. The maximum absolute atomic E-state index is 6.04. The Morgan fingerprint density at radius 1 is 0.923 bits per heavy atom. The van der Waals surface area contributed by atoms with Gasteiger partial charge in [0.15, 0.2) is 11.6 Å². The first-order chi connectivity index (χ1) is 12.5. The van der Waals surface area contributed by atoms with E-state index in [9.17, 15) is 0 Å². The summed E-state index contributed by atoms with van der Waals surface area (Å²) >= 11 is 6.04. The van der Waals surface area contributed by atoms with E-state index in [1.54, 1.807) is 14.2 Å². The first-order valence-electron chi connectivity index (χ1n) is 8.42. The van der Waals surface area contributed by atoms with Gasteiger partial charge in [-0.05, 0) is 50.2 Å². The van der Waals surface area contributed by atoms with E-state index in [0.717, 1.165) is 46.3 Å². The molecule has 0 spiro atoms. The number of aromatic nitrogens is 3. The Morgan fingerprint density at radius 3 is 2.19 bits per heavy atom. The Morgan fingerprint density at radius 2 is 1.54 bits per heavy atom. The van der Waals surface area contributed by atoms with E-state index < -0.39 is 0 Å². The normalized spacial score (nSPS) is 14.5. The van der Waals surface area contributed by atoms with Crippen LogP contribution in [0.15, 0.2) is 36.4 Å². The van der Waals surface area contributed by atoms with Crippen LogP contribution in [0.1, 0.15) is 19.4 Å². The molecule has 6 heteroatoms. The summed E-state index contributed by atoms with van der Waals surface area (Å²) in [6, 6.07) is 11.5. The van der Waals surface area contributed by atoms with Gasteiger partial charge in [0.1, 0.15) is 11.5 Å². The average Bonchev–Trinajstić information content (AvgIpc) is 3.07. The first-order valence-corrected chi connectivity index (χ1v) is 8.80. The lowest BCUT2D eigenvalue weighted by molar-refractivity contribution is 0.334. The van der Waals surface area contributed by atoms with E-state index >= 15 is 0 Å². The largest absolute Gasteiger partial charge is 0.496 e. The van der Waals surface area contributed by atoms with Crippen molar-refractivity contribution in [3.8, 4) is 34.3 Å². The van der Waals surface area contributed by atoms with Crippen molar-refractivity contribution < 1.29 is 9.47 Å². The number of rotatable bonds is 3. The second kappa shape index (κ2) is 6.02. The molecule has 0 atom stereocenters. The van der Waals surface area contributed by atoms with Gasteiger partial charge in [-0.1, -0.05) is 11.6 Å². The van der Waals surface area contributed by atoms with Gasteiger partial charge < -0.3 is 14.0 Å². The summed E-state index contributed by atoms with van der Waals surface area (Å²) in [6.07, 6.45) is 0.786. The molecule has 0 saturated heterocycles. The van der Waals surface area contributed by atoms with Gasteiger partial charge in [-0.3, -0.25) is 0 Å². The van der Waals surface area contributed by atoms with Crippen molar-refractivity contribution in [1.29, 1.82) is 0 Å². The van der Waals surface area contributed by atoms with E-state index in [1.807, 2.05) is 36.4 Å². The Labute approximate surface area is 157 Å². The van der Waals surface area contributed by atoms with Gasteiger partial charge in [-0.15, -0.1) is 10.2 Å². The summed E-state index contributed by atoms with van der Waals surface area (Å²) < 4.78 is 13.4. The number of halogens is 1. The Bertz CT molecular complexity index is 977. The van der Waals surface area contributed by atoms with Crippen molar-refractivity contribution in [2.24, 2.45) is 0 Å². The van der Waals surface area contributed by atoms with Crippen molar-refractivity contribution in [3.63, 3.8) is 0 Å². The summed E-state index contributed by atoms with van der Waals surface area (Å²) in [7, 11) is 3.36. The van der Waals surface area contributed by atoms with Gasteiger partial charge in [-0.25, -0.2) is 0 Å². The maximum atomic E-state index is 6.04. The van der Waals surface area contributed by atoms with E-state index in [-0.39, 0.29) is 5.54 Å². The number of hydrogen-bond donors (Lipinski definition) is 0. The minimum Gasteiger partial charge on any atom is -0.496 e. The standard InChI is InChI=1S/C20H20ClN3O2/c1-20(2)11-14-15(25-3)9-10-16(26-4)17(14)19-23-22-18(24(19)20)12-5-7-13(21)8-6-12/h5-10H,11H2,1-4H3. The Kier molecular flexibility index (Phi) is 3.92. The van der Waals surface area contributed by atoms with Gasteiger partial charge in [0.25, 0.3) is 0 Å². The number of methoxy groups -OCH3 is 2. The Hall–Kier alpha value is -2.53. The smallest absolute Gasteiger partial charge is 0.168 e. The zero-order chi connectivity index (χ0) is 18.5. The third-order valence-corrected chi connectivity index (χ3v) is 5.13. The van der Waals surface area contributed by atoms with E-state index in [0.29, 0.717) is 5.02 Å². The Balaban J connectivity index is 2.00. The van der Waals surface area contributed by atoms with Crippen LogP contribution < -0.4 is 9.47 Å². The monoisotopic (exact) mass is 369 g/mol. The molecule has 0 radical (unpaired) electrons. The van der Waals surface area contributed by atoms with E-state index in [4.69, 9.17) is 21.1 Å². The summed E-state index contributed by atoms with van der Waals surface area (Å²) in [4.78, 5) is 0. The molecule has 0 amide bonds. The molecule has 1 aliphatic rings. The highest BCUT2D eigenvalue weighted by Gasteiger charge is 2.38. The van der Waals surface area contributed by atoms with Crippen LogP contribution in [-0.4, -0.2) is 29.0 Å². The maximum Gasteiger partial charge on any atom is 0.168 e. The molecule has 0 unspecified atom stereocenters. The predicted molar refractivity (Wildman–Crippen MR) is 102 cm³/mol. The lowest BCUT2D eigenvalue weighted by Gasteiger charge is -2.35. The van der Waals surface area contributed by atoms with E-state index in [2.05, 4.69) is 28.6 Å². The molecule has 0 saturated carbocycles. The average molecular weight is 370 g/mol. The molecule has 2 heterocycles. The van der Waals surface area contributed by atoms with Gasteiger partial charge in [-0.2, -0.15) is 0 Å². The summed E-state index contributed by atoms with van der Waals surface area (Å²) in [5, 5.41) is 9.71. The highest BCUT2D eigenvalue weighted by atomic mass is 35.5. The minimum atomic E-state index is -0.222. The molecule has 3 aromatic rings. The molecule has 1 aliphatic heterocycles. The lowest BCUT2D eigenvalue weighted by atomic mass is 9.86. The first kappa shape index (κ1) is 16.9. The van der Waals surface area contributed by atoms with Crippen LogP contribution in [0, 0.1) is 0 Å². The van der Waals surface area contributed by atoms with Crippen LogP contribution in [0.25, 0.3) is 22.8 Å². The molecule has 4 rings (SSSR count). The molecule has 0 aliphatic carbocycles. The fourth-order valence-electron chi connectivity index (χ4n) is 3.71. The predicted octanol–water partition coefficient (Wildman–Crippen LogP) is 4.57. The van der Waals surface area contributed by atoms with Crippen LogP contribution in [0.2, 0.25) is 5.02 Å². The second-order valence-corrected chi connectivity index (χ2v) is 7.44. The molecular formula is C20H20ClN3O2. The topological polar surface area (TPSA) is 49.2 Å². The van der Waals surface area contributed by atoms with E-state index in [1.165, 1.54) is 0 Å². The number of ether oxygens (including phenoxy) is 2. The molecule has 5 nitrogen and oxygen atoms in total. The van der Waals surface area contributed by atoms with Crippen molar-refractivity contribution in [2.45, 2.75) is 25.8 Å². The number of fused-ring (bicyclic) bond motifs is 3. The van der Waals surface area contributed by atoms with Crippen molar-refractivity contribution >= 4 is 11.6 Å². The summed E-state index contributed by atoms with van der Waals surface area (Å²) in [5.74, 6) is 3.22. The van der Waals surface area contributed by atoms with Gasteiger partial charge >= 0.3 is 0 Å². The van der Waals surface area contributed by atoms with Crippen LogP contribution in [0.4, 0.5) is 0 Å². The van der Waals surface area contributed by atoms with Crippen molar-refractivity contribution in [2.75, 3.05) is 14.2 Å². The molecule has 26 heavy (non-hydrogen) atoms. The van der Waals surface area contributed by atoms with Gasteiger partial charge in [0, 0.05) is 28.1 Å². The third kappa shape index (κ3) is 2.46. The number of benzene rings is 2. The molecule has 0 N–H and O–H groups in total. The SMILES string of the molecule is COc1ccc(OC)c2c1CC(C)(C)n1c(-c3ccc(Cl)cc3)nnc1-2. The zero-order valence-corrected chi connectivity index (χ0v) is 16.0. The molecule has 134 valence electrons. The van der Waals surface area contributed by atoms with Crippen molar-refractivity contribution in [1.82, 2.24) is 14.8 Å². The fourth-order valence-corrected chi connectivity index (χ4v) is 3.83. The molecule has 2 aromatic carbocycles. The minimum absolute atomic E-state index is 0.222. The lowest BCUT2D eigenvalue weighted by Crippen LogP contribution is -2.34. The summed E-state index contributed by atoms with van der Waals surface area (Å²) in [5.41, 5.74) is 2.80. The third-order valence-electron chi connectivity index (χ3n) is 4.88. The van der Waals surface area contributed by atoms with Crippen LogP contribution in [0.3, 0.4) is 0 Å². The number of nitrogens with zero attached hydrogens (tertiary/aromatic N) is 3. The van der Waals surface area contributed by atoms with Gasteiger partial charge in [0.05, 0.1) is 19.8 Å². The second-order valence-electron chi connectivity index (χ2n) is 7.00. The molecular weight excluding hydrogens is 350 g/mol. The van der Waals surface area contributed by atoms with Gasteiger partial charge in [0.2, 0.25) is 0 Å². The highest BCUT2D eigenvalue weighted by Crippen LogP contribution is 2.47. The highest BCUT2D eigenvalue weighted by molar-refractivity contribution is 6.30. The quantitative estimate of drug-likeness (QED) is 0.678. The molecule has 0 fully saturated rings. The summed E-state index contributed by atoms with van der Waals surface area (Å²) in [6.45, 7) is 4.36. The number of hydrogen-bond acceptors (Lipinski definition) is 4. The molecule has 0 bridgehead atoms. The van der Waals surface area contributed by atoms with Crippen LogP contribution >= 0.6 is 11.6 Å². The van der Waals surface area contributed by atoms with Crippen LogP contribution in [0.5, 0.6) is 11.5 Å². The van der Waals surface area contributed by atoms with Crippen molar-refractivity contribution in [3.05, 3.63) is 47.0 Å². The van der Waals surface area contributed by atoms with Crippen LogP contribution in [-0.2, 0) is 12.0 Å². The fraction of sp³-hybridized carbons (Fsp3) is 0.300. The zero-order valence-electron chi connectivity index (χ0n) is 15.2.